The van der Waals surface area contributed by atoms with Gasteiger partial charge < -0.3 is 10.1 Å². The molecule has 0 aliphatic heterocycles. The minimum absolute atomic E-state index is 0.174. The van der Waals surface area contributed by atoms with Crippen LogP contribution in [0.2, 0.25) is 5.02 Å². The second-order valence-corrected chi connectivity index (χ2v) is 6.83. The van der Waals surface area contributed by atoms with Crippen LogP contribution in [-0.2, 0) is 11.3 Å². The van der Waals surface area contributed by atoms with Crippen molar-refractivity contribution in [3.8, 4) is 5.75 Å². The molecule has 0 atom stereocenters. The van der Waals surface area contributed by atoms with Gasteiger partial charge in [-0.05, 0) is 47.4 Å². The van der Waals surface area contributed by atoms with Crippen LogP contribution in [0.5, 0.6) is 5.75 Å². The molecule has 0 radical (unpaired) electrons. The van der Waals surface area contributed by atoms with E-state index in [2.05, 4.69) is 14.9 Å². The van der Waals surface area contributed by atoms with Crippen LogP contribution in [0.25, 0.3) is 0 Å². The Balaban J connectivity index is 1.71. The maximum Gasteiger partial charge on any atom is 0.280 e. The highest BCUT2D eigenvalue weighted by molar-refractivity contribution is 7.03. The summed E-state index contributed by atoms with van der Waals surface area (Å²) < 4.78 is 8.83. The Bertz CT molecular complexity index is 948. The normalized spacial score (nSPS) is 10.4. The second kappa shape index (κ2) is 9.29. The Kier molecular flexibility index (Phi) is 6.57. The predicted octanol–water partition coefficient (Wildman–Crippen LogP) is 3.16. The van der Waals surface area contributed by atoms with Gasteiger partial charge in [0.05, 0.1) is 7.11 Å². The number of nitrogens with zero attached hydrogens (tertiary/aromatic N) is 3. The highest BCUT2D eigenvalue weighted by Gasteiger charge is 2.23. The van der Waals surface area contributed by atoms with E-state index in [1.807, 2.05) is 24.3 Å². The third-order valence-corrected chi connectivity index (χ3v) is 4.63. The van der Waals surface area contributed by atoms with E-state index in [1.165, 1.54) is 10.3 Å². The molecule has 9 heteroatoms. The van der Waals surface area contributed by atoms with E-state index < -0.39 is 5.91 Å². The first-order chi connectivity index (χ1) is 13.6. The molecule has 0 fully saturated rings. The zero-order valence-electron chi connectivity index (χ0n) is 15.0. The molecule has 0 aliphatic rings. The summed E-state index contributed by atoms with van der Waals surface area (Å²) in [5, 5.41) is 8.61. The van der Waals surface area contributed by atoms with Crippen molar-refractivity contribution in [1.29, 1.82) is 0 Å². The van der Waals surface area contributed by atoms with Gasteiger partial charge >= 0.3 is 0 Å². The Labute approximate surface area is 171 Å². The fraction of sp³-hybridized carbons (Fsp3) is 0.158. The van der Waals surface area contributed by atoms with Gasteiger partial charge in [0.15, 0.2) is 5.69 Å². The highest BCUT2D eigenvalue weighted by atomic mass is 35.5. The maximum atomic E-state index is 12.8. The SMILES string of the molecule is COc1ccc(CNC(=O)CN(C(=O)c2csnn2)c2cccc(Cl)c2)cc1. The topological polar surface area (TPSA) is 84.4 Å². The largest absolute Gasteiger partial charge is 0.497 e. The third-order valence-electron chi connectivity index (χ3n) is 3.89. The summed E-state index contributed by atoms with van der Waals surface area (Å²) in [6.45, 7) is 0.158. The smallest absolute Gasteiger partial charge is 0.280 e. The lowest BCUT2D eigenvalue weighted by Gasteiger charge is -2.21. The van der Waals surface area contributed by atoms with Crippen molar-refractivity contribution in [2.75, 3.05) is 18.6 Å². The van der Waals surface area contributed by atoms with Crippen molar-refractivity contribution in [2.24, 2.45) is 0 Å². The van der Waals surface area contributed by atoms with Crippen molar-refractivity contribution >= 4 is 40.6 Å². The van der Waals surface area contributed by atoms with E-state index in [9.17, 15) is 9.59 Å². The van der Waals surface area contributed by atoms with Gasteiger partial charge in [-0.1, -0.05) is 34.3 Å². The third kappa shape index (κ3) is 5.05. The molecule has 1 N–H and O–H groups in total. The summed E-state index contributed by atoms with van der Waals surface area (Å²) in [7, 11) is 1.59. The Morgan fingerprint density at radius 1 is 1.21 bits per heavy atom. The van der Waals surface area contributed by atoms with Crippen LogP contribution in [-0.4, -0.2) is 35.1 Å². The van der Waals surface area contributed by atoms with E-state index in [0.29, 0.717) is 17.3 Å². The molecule has 7 nitrogen and oxygen atoms in total. The molecule has 0 aliphatic carbocycles. The minimum atomic E-state index is -0.421. The summed E-state index contributed by atoms with van der Waals surface area (Å²) in [5.41, 5.74) is 1.59. The van der Waals surface area contributed by atoms with Crippen molar-refractivity contribution < 1.29 is 14.3 Å². The fourth-order valence-electron chi connectivity index (χ4n) is 2.46. The van der Waals surface area contributed by atoms with Gasteiger partial charge in [-0.3, -0.25) is 14.5 Å². The lowest BCUT2D eigenvalue weighted by molar-refractivity contribution is -0.119. The maximum absolute atomic E-state index is 12.8. The van der Waals surface area contributed by atoms with Gasteiger partial charge in [-0.25, -0.2) is 0 Å². The average Bonchev–Trinajstić information content (AvgIpc) is 3.25. The van der Waals surface area contributed by atoms with Crippen molar-refractivity contribution in [3.05, 3.63) is 70.2 Å². The molecule has 0 spiro atoms. The molecule has 0 unspecified atom stereocenters. The average molecular weight is 417 g/mol. The molecule has 1 heterocycles. The van der Waals surface area contributed by atoms with Crippen molar-refractivity contribution in [3.63, 3.8) is 0 Å². The van der Waals surface area contributed by atoms with E-state index in [0.717, 1.165) is 22.8 Å². The number of hydrogen-bond acceptors (Lipinski definition) is 6. The second-order valence-electron chi connectivity index (χ2n) is 5.79. The molecule has 0 bridgehead atoms. The zero-order valence-corrected chi connectivity index (χ0v) is 16.5. The zero-order chi connectivity index (χ0) is 19.9. The number of halogens is 1. The summed E-state index contributed by atoms with van der Waals surface area (Å²) in [6.07, 6.45) is 0. The standard InChI is InChI=1S/C19H17ClN4O3S/c1-27-16-7-5-13(6-8-16)10-21-18(25)11-24(15-4-2-3-14(20)9-15)19(26)17-12-28-23-22-17/h2-9,12H,10-11H2,1H3,(H,21,25). The summed E-state index contributed by atoms with van der Waals surface area (Å²) in [4.78, 5) is 26.6. The molecule has 28 heavy (non-hydrogen) atoms. The monoisotopic (exact) mass is 416 g/mol. The van der Waals surface area contributed by atoms with Gasteiger partial charge in [0.25, 0.3) is 5.91 Å². The number of amides is 2. The van der Waals surface area contributed by atoms with Crippen LogP contribution >= 0.6 is 23.1 Å². The number of carbonyl (C=O) groups excluding carboxylic acids is 2. The number of aromatic nitrogens is 2. The van der Waals surface area contributed by atoms with Crippen LogP contribution in [0.4, 0.5) is 5.69 Å². The summed E-state index contributed by atoms with van der Waals surface area (Å²) >= 11 is 7.11. The van der Waals surface area contributed by atoms with E-state index in [1.54, 1.807) is 31.4 Å². The quantitative estimate of drug-likeness (QED) is 0.639. The number of anilines is 1. The van der Waals surface area contributed by atoms with Gasteiger partial charge in [-0.2, -0.15) is 0 Å². The number of rotatable bonds is 7. The minimum Gasteiger partial charge on any atom is -0.497 e. The number of nitrogens with one attached hydrogen (secondary N) is 1. The first kappa shape index (κ1) is 19.8. The highest BCUT2D eigenvalue weighted by Crippen LogP contribution is 2.21. The van der Waals surface area contributed by atoms with Gasteiger partial charge in [0, 0.05) is 22.6 Å². The van der Waals surface area contributed by atoms with E-state index in [-0.39, 0.29) is 18.1 Å². The van der Waals surface area contributed by atoms with Gasteiger partial charge in [-0.15, -0.1) is 5.10 Å². The lowest BCUT2D eigenvalue weighted by Crippen LogP contribution is -2.40. The van der Waals surface area contributed by atoms with Gasteiger partial charge in [0.2, 0.25) is 5.91 Å². The first-order valence-corrected chi connectivity index (χ1v) is 9.52. The Morgan fingerprint density at radius 3 is 2.64 bits per heavy atom. The molecular weight excluding hydrogens is 400 g/mol. The number of carbonyl (C=O) groups is 2. The number of hydrogen-bond donors (Lipinski definition) is 1. The van der Waals surface area contributed by atoms with Gasteiger partial charge in [0.1, 0.15) is 12.3 Å². The molecule has 2 amide bonds. The van der Waals surface area contributed by atoms with Crippen LogP contribution in [0.3, 0.4) is 0 Å². The molecule has 2 aromatic carbocycles. The molecule has 3 rings (SSSR count). The van der Waals surface area contributed by atoms with Crippen molar-refractivity contribution in [2.45, 2.75) is 6.54 Å². The lowest BCUT2D eigenvalue weighted by atomic mass is 10.2. The Hall–Kier alpha value is -2.97. The van der Waals surface area contributed by atoms with Crippen LogP contribution in [0.1, 0.15) is 16.1 Å². The van der Waals surface area contributed by atoms with Crippen LogP contribution < -0.4 is 15.0 Å². The first-order valence-electron chi connectivity index (χ1n) is 8.31. The van der Waals surface area contributed by atoms with Crippen LogP contribution in [0, 0.1) is 0 Å². The number of ether oxygens (including phenoxy) is 1. The predicted molar refractivity (Wildman–Crippen MR) is 108 cm³/mol. The number of methoxy groups -OCH3 is 1. The summed E-state index contributed by atoms with van der Waals surface area (Å²) in [6, 6.07) is 14.1. The molecular formula is C19H17ClN4O3S. The van der Waals surface area contributed by atoms with Crippen LogP contribution in [0.15, 0.2) is 53.9 Å². The molecule has 3 aromatic rings. The van der Waals surface area contributed by atoms with E-state index in [4.69, 9.17) is 16.3 Å². The molecule has 0 saturated carbocycles. The Morgan fingerprint density at radius 2 is 2.00 bits per heavy atom. The van der Waals surface area contributed by atoms with Crippen molar-refractivity contribution in [1.82, 2.24) is 14.9 Å². The summed E-state index contributed by atoms with van der Waals surface area (Å²) in [5.74, 6) is 0.00706. The molecule has 0 saturated heterocycles. The fourth-order valence-corrected chi connectivity index (χ4v) is 3.08. The van der Waals surface area contributed by atoms with E-state index >= 15 is 0 Å². The molecule has 144 valence electrons. The number of benzene rings is 2. The molecule has 1 aromatic heterocycles.